The summed E-state index contributed by atoms with van der Waals surface area (Å²) < 4.78 is 1.62. The molecule has 0 radical (unpaired) electrons. The molecule has 0 saturated heterocycles. The highest BCUT2D eigenvalue weighted by molar-refractivity contribution is 6.30. The molecule has 0 atom stereocenters. The summed E-state index contributed by atoms with van der Waals surface area (Å²) in [6.07, 6.45) is 5.56. The van der Waals surface area contributed by atoms with Crippen molar-refractivity contribution in [2.75, 3.05) is 11.1 Å². The average molecular weight is 410 g/mol. The van der Waals surface area contributed by atoms with Gasteiger partial charge in [0.15, 0.2) is 5.82 Å². The van der Waals surface area contributed by atoms with Gasteiger partial charge in [0.05, 0.1) is 5.69 Å². The number of urea groups is 1. The molecule has 4 rings (SSSR count). The van der Waals surface area contributed by atoms with Crippen molar-refractivity contribution >= 4 is 29.1 Å². The van der Waals surface area contributed by atoms with Crippen LogP contribution in [-0.2, 0) is 0 Å². The molecule has 0 spiro atoms. The lowest BCUT2D eigenvalue weighted by Gasteiger charge is -2.22. The predicted octanol–water partition coefficient (Wildman–Crippen LogP) is 5.23. The second kappa shape index (κ2) is 8.57. The molecule has 1 saturated carbocycles. The maximum atomic E-state index is 12.7. The van der Waals surface area contributed by atoms with Crippen molar-refractivity contribution in [1.82, 2.24) is 15.1 Å². The van der Waals surface area contributed by atoms with Gasteiger partial charge in [-0.3, -0.25) is 0 Å². The molecule has 1 aliphatic carbocycles. The summed E-state index contributed by atoms with van der Waals surface area (Å²) in [6, 6.07) is 16.9. The largest absolute Gasteiger partial charge is 0.382 e. The molecule has 150 valence electrons. The van der Waals surface area contributed by atoms with Crippen LogP contribution in [0.1, 0.15) is 32.1 Å². The fraction of sp³-hybridized carbons (Fsp3) is 0.273. The highest BCUT2D eigenvalue weighted by Crippen LogP contribution is 2.34. The van der Waals surface area contributed by atoms with Gasteiger partial charge in [-0.15, -0.1) is 0 Å². The van der Waals surface area contributed by atoms with Crippen LogP contribution in [0.3, 0.4) is 0 Å². The number of anilines is 2. The molecule has 6 nitrogen and oxygen atoms in total. The number of benzene rings is 2. The van der Waals surface area contributed by atoms with E-state index < -0.39 is 0 Å². The number of carbonyl (C=O) groups excluding carboxylic acids is 1. The van der Waals surface area contributed by atoms with Crippen molar-refractivity contribution in [3.8, 4) is 16.9 Å². The fourth-order valence-electron chi connectivity index (χ4n) is 3.71. The molecule has 29 heavy (non-hydrogen) atoms. The Kier molecular flexibility index (Phi) is 5.71. The molecule has 7 heteroatoms. The molecule has 0 unspecified atom stereocenters. The van der Waals surface area contributed by atoms with Gasteiger partial charge in [-0.2, -0.15) is 5.10 Å². The van der Waals surface area contributed by atoms with Crippen LogP contribution in [0.2, 0.25) is 5.02 Å². The van der Waals surface area contributed by atoms with Crippen LogP contribution in [0.15, 0.2) is 54.6 Å². The van der Waals surface area contributed by atoms with Crippen LogP contribution in [0.4, 0.5) is 16.3 Å². The SMILES string of the molecule is Nc1c(NC(=O)NC2CCCCC2)c(-c2ccccc2)nn1-c1ccc(Cl)cc1. The smallest absolute Gasteiger partial charge is 0.319 e. The minimum Gasteiger partial charge on any atom is -0.382 e. The van der Waals surface area contributed by atoms with Crippen LogP contribution >= 0.6 is 11.6 Å². The zero-order valence-electron chi connectivity index (χ0n) is 16.1. The van der Waals surface area contributed by atoms with Gasteiger partial charge in [0.1, 0.15) is 11.4 Å². The van der Waals surface area contributed by atoms with E-state index >= 15 is 0 Å². The first-order chi connectivity index (χ1) is 14.1. The monoisotopic (exact) mass is 409 g/mol. The Morgan fingerprint density at radius 2 is 1.72 bits per heavy atom. The van der Waals surface area contributed by atoms with Crippen LogP contribution in [0.25, 0.3) is 16.9 Å². The fourth-order valence-corrected chi connectivity index (χ4v) is 3.84. The van der Waals surface area contributed by atoms with Crippen molar-refractivity contribution in [3.63, 3.8) is 0 Å². The van der Waals surface area contributed by atoms with E-state index in [1.807, 2.05) is 42.5 Å². The minimum absolute atomic E-state index is 0.205. The van der Waals surface area contributed by atoms with Gasteiger partial charge in [-0.05, 0) is 37.1 Å². The highest BCUT2D eigenvalue weighted by atomic mass is 35.5. The van der Waals surface area contributed by atoms with Crippen molar-refractivity contribution < 1.29 is 4.79 Å². The van der Waals surface area contributed by atoms with Crippen molar-refractivity contribution in [2.24, 2.45) is 0 Å². The number of hydrogen-bond donors (Lipinski definition) is 3. The summed E-state index contributed by atoms with van der Waals surface area (Å²) in [5.41, 5.74) is 9.18. The topological polar surface area (TPSA) is 85.0 Å². The number of carbonyl (C=O) groups is 1. The molecule has 1 aromatic heterocycles. The number of nitrogens with zero attached hydrogens (tertiary/aromatic N) is 2. The van der Waals surface area contributed by atoms with E-state index in [4.69, 9.17) is 17.3 Å². The quantitative estimate of drug-likeness (QED) is 0.551. The van der Waals surface area contributed by atoms with Crippen molar-refractivity contribution in [3.05, 3.63) is 59.6 Å². The Balaban J connectivity index is 1.67. The molecule has 1 fully saturated rings. The zero-order valence-corrected chi connectivity index (χ0v) is 16.8. The van der Waals surface area contributed by atoms with Crippen LogP contribution in [-0.4, -0.2) is 21.9 Å². The average Bonchev–Trinajstić information content (AvgIpc) is 3.06. The maximum absolute atomic E-state index is 12.7. The number of rotatable bonds is 4. The van der Waals surface area contributed by atoms with E-state index in [0.717, 1.165) is 36.9 Å². The van der Waals surface area contributed by atoms with Gasteiger partial charge >= 0.3 is 6.03 Å². The summed E-state index contributed by atoms with van der Waals surface area (Å²) in [4.78, 5) is 12.7. The lowest BCUT2D eigenvalue weighted by Crippen LogP contribution is -2.39. The van der Waals surface area contributed by atoms with E-state index in [1.54, 1.807) is 16.8 Å². The van der Waals surface area contributed by atoms with Gasteiger partial charge in [-0.1, -0.05) is 61.2 Å². The van der Waals surface area contributed by atoms with E-state index in [2.05, 4.69) is 15.7 Å². The maximum Gasteiger partial charge on any atom is 0.319 e. The van der Waals surface area contributed by atoms with Gasteiger partial charge in [0, 0.05) is 16.6 Å². The Hall–Kier alpha value is -2.99. The second-order valence-corrected chi connectivity index (χ2v) is 7.73. The third kappa shape index (κ3) is 4.38. The molecular formula is C22H24ClN5O. The van der Waals surface area contributed by atoms with E-state index in [9.17, 15) is 4.79 Å². The molecule has 4 N–H and O–H groups in total. The summed E-state index contributed by atoms with van der Waals surface area (Å²) >= 11 is 6.01. The van der Waals surface area contributed by atoms with Gasteiger partial charge < -0.3 is 16.4 Å². The standard InChI is InChI=1S/C22H24ClN5O/c23-16-11-13-18(14-12-16)28-21(24)20(19(27-28)15-7-3-1-4-8-15)26-22(29)25-17-9-5-2-6-10-17/h1,3-4,7-8,11-14,17H,2,5-6,9-10,24H2,(H2,25,26,29). The Bertz CT molecular complexity index is 978. The van der Waals surface area contributed by atoms with E-state index in [0.29, 0.717) is 22.2 Å². The van der Waals surface area contributed by atoms with Gasteiger partial charge in [0.25, 0.3) is 0 Å². The Morgan fingerprint density at radius 1 is 1.03 bits per heavy atom. The third-order valence-corrected chi connectivity index (χ3v) is 5.47. The van der Waals surface area contributed by atoms with Crippen LogP contribution in [0, 0.1) is 0 Å². The first kappa shape index (κ1) is 19.3. The molecular weight excluding hydrogens is 386 g/mol. The lowest BCUT2D eigenvalue weighted by molar-refractivity contribution is 0.244. The third-order valence-electron chi connectivity index (χ3n) is 5.22. The van der Waals surface area contributed by atoms with E-state index in [-0.39, 0.29) is 12.1 Å². The number of nitrogens with two attached hydrogens (primary N) is 1. The zero-order chi connectivity index (χ0) is 20.2. The van der Waals surface area contributed by atoms with Gasteiger partial charge in [-0.25, -0.2) is 9.48 Å². The Morgan fingerprint density at radius 3 is 2.41 bits per heavy atom. The molecule has 1 heterocycles. The van der Waals surface area contributed by atoms with Crippen LogP contribution < -0.4 is 16.4 Å². The first-order valence-corrected chi connectivity index (χ1v) is 10.3. The number of halogens is 1. The number of nitrogen functional groups attached to an aromatic ring is 1. The summed E-state index contributed by atoms with van der Waals surface area (Å²) in [6.45, 7) is 0. The summed E-state index contributed by atoms with van der Waals surface area (Å²) in [5, 5.41) is 11.3. The van der Waals surface area contributed by atoms with Crippen molar-refractivity contribution in [1.29, 1.82) is 0 Å². The number of nitrogens with one attached hydrogen (secondary N) is 2. The molecule has 3 aromatic rings. The molecule has 0 bridgehead atoms. The van der Waals surface area contributed by atoms with Crippen LogP contribution in [0.5, 0.6) is 0 Å². The summed E-state index contributed by atoms with van der Waals surface area (Å²) in [5.74, 6) is 0.366. The number of amides is 2. The molecule has 1 aliphatic rings. The van der Waals surface area contributed by atoms with Crippen molar-refractivity contribution in [2.45, 2.75) is 38.1 Å². The second-order valence-electron chi connectivity index (χ2n) is 7.30. The summed E-state index contributed by atoms with van der Waals surface area (Å²) in [7, 11) is 0. The Labute approximate surface area is 175 Å². The number of aromatic nitrogens is 2. The molecule has 2 aromatic carbocycles. The molecule has 0 aliphatic heterocycles. The predicted molar refractivity (Wildman–Crippen MR) is 117 cm³/mol. The van der Waals surface area contributed by atoms with Gasteiger partial charge in [0.2, 0.25) is 0 Å². The number of hydrogen-bond acceptors (Lipinski definition) is 3. The normalized spacial score (nSPS) is 14.5. The minimum atomic E-state index is -0.253. The molecule has 2 amide bonds. The van der Waals surface area contributed by atoms with E-state index in [1.165, 1.54) is 6.42 Å². The highest BCUT2D eigenvalue weighted by Gasteiger charge is 2.22. The lowest BCUT2D eigenvalue weighted by atomic mass is 9.96. The first-order valence-electron chi connectivity index (χ1n) is 9.89.